The molecule has 1 aromatic heterocycles. The zero-order chi connectivity index (χ0) is 20.5. The lowest BCUT2D eigenvalue weighted by atomic mass is 9.73. The second-order valence-electron chi connectivity index (χ2n) is 8.36. The maximum atomic E-state index is 5.54. The molecule has 1 saturated heterocycles. The van der Waals surface area contributed by atoms with E-state index in [4.69, 9.17) is 9.73 Å². The van der Waals surface area contributed by atoms with E-state index in [-0.39, 0.29) is 24.0 Å². The van der Waals surface area contributed by atoms with E-state index in [0.717, 1.165) is 57.0 Å². The minimum Gasteiger partial charge on any atom is -0.379 e. The van der Waals surface area contributed by atoms with Gasteiger partial charge in [-0.15, -0.1) is 40.8 Å². The number of ether oxygens (including phenoxy) is 1. The molecule has 0 unspecified atom stereocenters. The number of hydrogen-bond donors (Lipinski definition) is 2. The molecule has 2 fully saturated rings. The highest BCUT2D eigenvalue weighted by atomic mass is 127. The average molecular weight is 531 g/mol. The molecule has 2 aliphatic rings. The van der Waals surface area contributed by atoms with Crippen LogP contribution in [0, 0.1) is 12.3 Å². The van der Waals surface area contributed by atoms with Crippen LogP contribution in [0.15, 0.2) is 17.6 Å². The van der Waals surface area contributed by atoms with Crippen molar-refractivity contribution in [3.8, 4) is 0 Å². The predicted molar refractivity (Wildman–Crippen MR) is 131 cm³/mol. The summed E-state index contributed by atoms with van der Waals surface area (Å²) in [6, 6.07) is 0. The van der Waals surface area contributed by atoms with Crippen molar-refractivity contribution in [2.45, 2.75) is 45.6 Å². The largest absolute Gasteiger partial charge is 0.379 e. The van der Waals surface area contributed by atoms with Gasteiger partial charge < -0.3 is 19.9 Å². The fourth-order valence-electron chi connectivity index (χ4n) is 4.28. The van der Waals surface area contributed by atoms with Crippen LogP contribution in [0.2, 0.25) is 0 Å². The topological polar surface area (TPSA) is 79.6 Å². The Morgan fingerprint density at radius 3 is 2.57 bits per heavy atom. The molecule has 1 aliphatic carbocycles. The minimum absolute atomic E-state index is 0. The van der Waals surface area contributed by atoms with E-state index in [1.165, 1.54) is 32.1 Å². The van der Waals surface area contributed by atoms with Crippen molar-refractivity contribution in [1.29, 1.82) is 0 Å². The van der Waals surface area contributed by atoms with Gasteiger partial charge in [0, 0.05) is 45.2 Å². The van der Waals surface area contributed by atoms with Crippen molar-refractivity contribution in [3.05, 3.63) is 24.3 Å². The van der Waals surface area contributed by atoms with Crippen LogP contribution >= 0.6 is 24.0 Å². The van der Waals surface area contributed by atoms with Crippen molar-refractivity contribution in [2.75, 3.05) is 45.9 Å². The third kappa shape index (κ3) is 7.19. The molecule has 0 bridgehead atoms. The first-order valence-electron chi connectivity index (χ1n) is 10.9. The zero-order valence-corrected chi connectivity index (χ0v) is 20.9. The molecule has 30 heavy (non-hydrogen) atoms. The molecule has 0 amide bonds. The highest BCUT2D eigenvalue weighted by Crippen LogP contribution is 2.36. The summed E-state index contributed by atoms with van der Waals surface area (Å²) in [7, 11) is 1.98. The molecule has 3 rings (SSSR count). The number of hydrogen-bond acceptors (Lipinski definition) is 5. The Hall–Kier alpha value is -1.20. The molecular weight excluding hydrogens is 493 g/mol. The molecule has 0 atom stereocenters. The monoisotopic (exact) mass is 531 g/mol. The zero-order valence-electron chi connectivity index (χ0n) is 18.5. The average Bonchev–Trinajstić information content (AvgIpc) is 3.07. The van der Waals surface area contributed by atoms with Gasteiger partial charge in [0.1, 0.15) is 12.4 Å². The fourth-order valence-corrected chi connectivity index (χ4v) is 4.28. The van der Waals surface area contributed by atoms with E-state index < -0.39 is 0 Å². The van der Waals surface area contributed by atoms with Gasteiger partial charge in [0.25, 0.3) is 0 Å². The second kappa shape index (κ2) is 12.6. The molecule has 1 aliphatic heterocycles. The van der Waals surface area contributed by atoms with Gasteiger partial charge in [0.2, 0.25) is 0 Å². The molecule has 0 spiro atoms. The number of halogens is 1. The van der Waals surface area contributed by atoms with Crippen LogP contribution in [0.4, 0.5) is 0 Å². The highest BCUT2D eigenvalue weighted by molar-refractivity contribution is 14.0. The van der Waals surface area contributed by atoms with Gasteiger partial charge in [-0.1, -0.05) is 25.3 Å². The molecule has 9 heteroatoms. The van der Waals surface area contributed by atoms with Crippen molar-refractivity contribution >= 4 is 29.9 Å². The predicted octanol–water partition coefficient (Wildman–Crippen LogP) is 2.25. The summed E-state index contributed by atoms with van der Waals surface area (Å²) in [5, 5.41) is 15.3. The number of aliphatic imine (C=N–C) groups is 1. The van der Waals surface area contributed by atoms with Gasteiger partial charge in [0.05, 0.1) is 13.2 Å². The van der Waals surface area contributed by atoms with Gasteiger partial charge in [-0.2, -0.15) is 0 Å². The van der Waals surface area contributed by atoms with Crippen LogP contribution in [0.3, 0.4) is 0 Å². The SMILES string of the molecule is C=CCNC(=NCc1nnc(C)n1C)NCC1(CN2CCOCC2)CCCCC1.I. The molecule has 1 saturated carbocycles. The van der Waals surface area contributed by atoms with E-state index in [1.54, 1.807) is 0 Å². The first-order chi connectivity index (χ1) is 14.1. The maximum Gasteiger partial charge on any atom is 0.191 e. The van der Waals surface area contributed by atoms with Gasteiger partial charge in [-0.25, -0.2) is 4.99 Å². The van der Waals surface area contributed by atoms with Crippen LogP contribution < -0.4 is 10.6 Å². The molecule has 2 N–H and O–H groups in total. The summed E-state index contributed by atoms with van der Waals surface area (Å²) in [6.45, 7) is 12.8. The molecule has 170 valence electrons. The number of aromatic nitrogens is 3. The number of nitrogens with one attached hydrogen (secondary N) is 2. The maximum absolute atomic E-state index is 5.54. The molecule has 0 aromatic carbocycles. The van der Waals surface area contributed by atoms with Crippen LogP contribution in [0.25, 0.3) is 0 Å². The standard InChI is InChI=1S/C21H37N7O.HI/c1-4-10-22-20(23-15-19-26-25-18(2)27(19)3)24-16-21(8-6-5-7-9-21)17-28-11-13-29-14-12-28;/h4H,1,5-17H2,2-3H3,(H2,22,23,24);1H. The Morgan fingerprint density at radius 1 is 1.20 bits per heavy atom. The summed E-state index contributed by atoms with van der Waals surface area (Å²) < 4.78 is 7.52. The summed E-state index contributed by atoms with van der Waals surface area (Å²) in [4.78, 5) is 7.33. The Kier molecular flexibility index (Phi) is 10.5. The van der Waals surface area contributed by atoms with E-state index in [9.17, 15) is 0 Å². The summed E-state index contributed by atoms with van der Waals surface area (Å²) in [5.74, 6) is 2.58. The number of guanidine groups is 1. The first-order valence-corrected chi connectivity index (χ1v) is 10.9. The van der Waals surface area contributed by atoms with Crippen LogP contribution in [-0.4, -0.2) is 71.6 Å². The van der Waals surface area contributed by atoms with Crippen LogP contribution in [0.1, 0.15) is 43.8 Å². The Bertz CT molecular complexity index is 679. The third-order valence-corrected chi connectivity index (χ3v) is 6.18. The lowest BCUT2D eigenvalue weighted by Gasteiger charge is -2.42. The number of rotatable bonds is 8. The second-order valence-corrected chi connectivity index (χ2v) is 8.36. The first kappa shape index (κ1) is 25.1. The van der Waals surface area contributed by atoms with E-state index in [2.05, 4.69) is 32.3 Å². The smallest absolute Gasteiger partial charge is 0.191 e. The fraction of sp³-hybridized carbons (Fsp3) is 0.762. The summed E-state index contributed by atoms with van der Waals surface area (Å²) in [6.07, 6.45) is 8.39. The van der Waals surface area contributed by atoms with Gasteiger partial charge in [-0.05, 0) is 19.8 Å². The quantitative estimate of drug-likeness (QED) is 0.232. The van der Waals surface area contributed by atoms with Crippen molar-refractivity contribution in [2.24, 2.45) is 17.5 Å². The molecule has 1 aromatic rings. The van der Waals surface area contributed by atoms with Crippen molar-refractivity contribution < 1.29 is 4.74 Å². The normalized spacial score (nSPS) is 19.7. The van der Waals surface area contributed by atoms with Gasteiger partial charge in [0.15, 0.2) is 11.8 Å². The molecule has 2 heterocycles. The van der Waals surface area contributed by atoms with E-state index in [0.29, 0.717) is 18.5 Å². The highest BCUT2D eigenvalue weighted by Gasteiger charge is 2.34. The Labute approximate surface area is 198 Å². The van der Waals surface area contributed by atoms with Gasteiger partial charge in [-0.3, -0.25) is 4.90 Å². The number of aryl methyl sites for hydroxylation is 1. The Morgan fingerprint density at radius 2 is 1.93 bits per heavy atom. The third-order valence-electron chi connectivity index (χ3n) is 6.18. The van der Waals surface area contributed by atoms with Crippen molar-refractivity contribution in [1.82, 2.24) is 30.3 Å². The summed E-state index contributed by atoms with van der Waals surface area (Å²) >= 11 is 0. The lowest BCUT2D eigenvalue weighted by molar-refractivity contribution is 0.00820. The van der Waals surface area contributed by atoms with Crippen LogP contribution in [-0.2, 0) is 18.3 Å². The van der Waals surface area contributed by atoms with Crippen LogP contribution in [0.5, 0.6) is 0 Å². The molecular formula is C21H38IN7O. The Balaban J connectivity index is 0.00000320. The number of morpholine rings is 1. The molecule has 8 nitrogen and oxygen atoms in total. The minimum atomic E-state index is 0. The van der Waals surface area contributed by atoms with E-state index in [1.807, 2.05) is 24.6 Å². The lowest BCUT2D eigenvalue weighted by Crippen LogP contribution is -2.51. The van der Waals surface area contributed by atoms with Crippen molar-refractivity contribution in [3.63, 3.8) is 0 Å². The van der Waals surface area contributed by atoms with Gasteiger partial charge >= 0.3 is 0 Å². The molecule has 0 radical (unpaired) electrons. The number of nitrogens with zero attached hydrogens (tertiary/aromatic N) is 5. The van der Waals surface area contributed by atoms with E-state index >= 15 is 0 Å². The summed E-state index contributed by atoms with van der Waals surface area (Å²) in [5.41, 5.74) is 0.299.